The van der Waals surface area contributed by atoms with Crippen LogP contribution in [0, 0.1) is 0 Å². The molecular weight excluding hydrogens is 206 g/mol. The zero-order chi connectivity index (χ0) is 11.6. The van der Waals surface area contributed by atoms with Crippen molar-refractivity contribution in [3.8, 4) is 11.6 Å². The zero-order valence-electron chi connectivity index (χ0n) is 9.21. The number of aromatic nitrogens is 4. The van der Waals surface area contributed by atoms with Gasteiger partial charge in [0.15, 0.2) is 0 Å². The molecule has 0 spiro atoms. The first-order valence-corrected chi connectivity index (χ1v) is 4.93. The van der Waals surface area contributed by atoms with Gasteiger partial charge in [0.25, 0.3) is 0 Å². The van der Waals surface area contributed by atoms with Crippen LogP contribution in [0.2, 0.25) is 0 Å². The Hall–Kier alpha value is -1.82. The molecule has 0 aromatic carbocycles. The minimum Gasteiger partial charge on any atom is -0.339 e. The maximum absolute atomic E-state index is 5.86. The van der Waals surface area contributed by atoms with E-state index in [1.807, 2.05) is 13.8 Å². The maximum atomic E-state index is 5.86. The lowest BCUT2D eigenvalue weighted by Crippen LogP contribution is -2.34. The van der Waals surface area contributed by atoms with Gasteiger partial charge in [0.05, 0.1) is 0 Å². The minimum atomic E-state index is -0.374. The molecule has 2 N–H and O–H groups in total. The summed E-state index contributed by atoms with van der Waals surface area (Å²) in [4.78, 5) is 12.2. The molecule has 2 rings (SSSR count). The van der Waals surface area contributed by atoms with E-state index < -0.39 is 0 Å². The molecule has 16 heavy (non-hydrogen) atoms. The highest BCUT2D eigenvalue weighted by molar-refractivity contribution is 5.40. The lowest BCUT2D eigenvalue weighted by atomic mass is 10.0. The molecule has 0 bridgehead atoms. The van der Waals surface area contributed by atoms with Crippen molar-refractivity contribution >= 4 is 0 Å². The van der Waals surface area contributed by atoms with Gasteiger partial charge >= 0.3 is 0 Å². The lowest BCUT2D eigenvalue weighted by Gasteiger charge is -2.14. The van der Waals surface area contributed by atoms with E-state index in [0.717, 1.165) is 0 Å². The Morgan fingerprint density at radius 2 is 1.94 bits per heavy atom. The molecule has 0 saturated heterocycles. The summed E-state index contributed by atoms with van der Waals surface area (Å²) in [6.07, 6.45) is 3.78. The van der Waals surface area contributed by atoms with Crippen LogP contribution in [0.4, 0.5) is 0 Å². The van der Waals surface area contributed by atoms with Crippen molar-refractivity contribution in [2.45, 2.75) is 25.8 Å². The molecule has 0 radical (unpaired) electrons. The van der Waals surface area contributed by atoms with Crippen molar-refractivity contribution in [2.75, 3.05) is 0 Å². The fourth-order valence-corrected chi connectivity index (χ4v) is 1.22. The van der Waals surface area contributed by atoms with Crippen molar-refractivity contribution in [1.82, 2.24) is 20.1 Å². The van der Waals surface area contributed by atoms with Gasteiger partial charge in [0, 0.05) is 24.4 Å². The molecule has 0 aliphatic carbocycles. The second kappa shape index (κ2) is 3.97. The van der Waals surface area contributed by atoms with E-state index in [9.17, 15) is 0 Å². The first-order chi connectivity index (χ1) is 7.54. The molecular formula is C10H13N5O. The second-order valence-electron chi connectivity index (χ2n) is 4.25. The van der Waals surface area contributed by atoms with E-state index in [0.29, 0.717) is 24.0 Å². The van der Waals surface area contributed by atoms with Gasteiger partial charge in [0.1, 0.15) is 0 Å². The van der Waals surface area contributed by atoms with E-state index in [-0.39, 0.29) is 5.54 Å². The van der Waals surface area contributed by atoms with Gasteiger partial charge in [0.2, 0.25) is 17.5 Å². The van der Waals surface area contributed by atoms with Crippen LogP contribution in [0.5, 0.6) is 0 Å². The van der Waals surface area contributed by atoms with Crippen molar-refractivity contribution in [2.24, 2.45) is 5.73 Å². The molecule has 0 fully saturated rings. The first-order valence-electron chi connectivity index (χ1n) is 4.93. The largest absolute Gasteiger partial charge is 0.339 e. The molecule has 2 aromatic heterocycles. The number of hydrogen-bond donors (Lipinski definition) is 1. The average molecular weight is 219 g/mol. The fourth-order valence-electron chi connectivity index (χ4n) is 1.22. The van der Waals surface area contributed by atoms with Crippen LogP contribution in [0.15, 0.2) is 23.0 Å². The third-order valence-corrected chi connectivity index (χ3v) is 1.84. The Kier molecular flexibility index (Phi) is 2.66. The monoisotopic (exact) mass is 219 g/mol. The van der Waals surface area contributed by atoms with E-state index in [4.69, 9.17) is 10.3 Å². The first kappa shape index (κ1) is 10.7. The van der Waals surface area contributed by atoms with Gasteiger partial charge < -0.3 is 10.3 Å². The number of nitrogens with zero attached hydrogens (tertiary/aromatic N) is 4. The summed E-state index contributed by atoms with van der Waals surface area (Å²) in [7, 11) is 0. The summed E-state index contributed by atoms with van der Waals surface area (Å²) in [5, 5.41) is 3.80. The number of hydrogen-bond acceptors (Lipinski definition) is 6. The van der Waals surface area contributed by atoms with Crippen LogP contribution in [-0.4, -0.2) is 25.6 Å². The molecule has 0 atom stereocenters. The Morgan fingerprint density at radius 3 is 2.56 bits per heavy atom. The molecule has 84 valence electrons. The molecule has 2 heterocycles. The van der Waals surface area contributed by atoms with Crippen LogP contribution in [0.25, 0.3) is 11.6 Å². The smallest absolute Gasteiger partial charge is 0.240 e. The molecule has 0 aliphatic rings. The zero-order valence-corrected chi connectivity index (χ0v) is 9.21. The molecule has 2 aromatic rings. The highest BCUT2D eigenvalue weighted by atomic mass is 16.5. The molecule has 0 aliphatic heterocycles. The highest BCUT2D eigenvalue weighted by Gasteiger charge is 2.18. The van der Waals surface area contributed by atoms with Crippen molar-refractivity contribution in [3.63, 3.8) is 0 Å². The van der Waals surface area contributed by atoms with Gasteiger partial charge in [-0.1, -0.05) is 5.16 Å². The second-order valence-corrected chi connectivity index (χ2v) is 4.25. The average Bonchev–Trinajstić information content (AvgIpc) is 2.65. The molecule has 6 heteroatoms. The third kappa shape index (κ3) is 2.60. The Balaban J connectivity index is 2.21. The van der Waals surface area contributed by atoms with Gasteiger partial charge in [-0.05, 0) is 19.9 Å². The Bertz CT molecular complexity index is 460. The van der Waals surface area contributed by atoms with Crippen molar-refractivity contribution in [3.05, 3.63) is 24.4 Å². The van der Waals surface area contributed by atoms with E-state index in [2.05, 4.69) is 20.1 Å². The lowest BCUT2D eigenvalue weighted by molar-refractivity contribution is 0.348. The molecule has 6 nitrogen and oxygen atoms in total. The minimum absolute atomic E-state index is 0.374. The maximum Gasteiger partial charge on any atom is 0.240 e. The van der Waals surface area contributed by atoms with Crippen molar-refractivity contribution in [1.29, 1.82) is 0 Å². The summed E-state index contributed by atoms with van der Waals surface area (Å²) in [5.74, 6) is 1.34. The summed E-state index contributed by atoms with van der Waals surface area (Å²) in [6, 6.07) is 1.73. The van der Waals surface area contributed by atoms with Crippen LogP contribution >= 0.6 is 0 Å². The Labute approximate surface area is 92.9 Å². The van der Waals surface area contributed by atoms with Gasteiger partial charge in [-0.2, -0.15) is 4.98 Å². The topological polar surface area (TPSA) is 90.7 Å². The predicted molar refractivity (Wildman–Crippen MR) is 57.3 cm³/mol. The molecule has 0 amide bonds. The molecule has 0 unspecified atom stereocenters. The number of rotatable bonds is 3. The standard InChI is InChI=1S/C10H13N5O/c1-10(2,11)6-7-14-9(15-16-7)8-12-4-3-5-13-8/h3-5H,6,11H2,1-2H3. The van der Waals surface area contributed by atoms with Gasteiger partial charge in [-0.25, -0.2) is 9.97 Å². The van der Waals surface area contributed by atoms with Crippen LogP contribution in [0.3, 0.4) is 0 Å². The Morgan fingerprint density at radius 1 is 1.25 bits per heavy atom. The fraction of sp³-hybridized carbons (Fsp3) is 0.400. The normalized spacial score (nSPS) is 11.7. The SMILES string of the molecule is CC(C)(N)Cc1nc(-c2ncccn2)no1. The summed E-state index contributed by atoms with van der Waals surface area (Å²) < 4.78 is 5.07. The highest BCUT2D eigenvalue weighted by Crippen LogP contribution is 2.12. The molecule has 0 saturated carbocycles. The van der Waals surface area contributed by atoms with Gasteiger partial charge in [-0.3, -0.25) is 0 Å². The van der Waals surface area contributed by atoms with E-state index in [1.54, 1.807) is 18.5 Å². The van der Waals surface area contributed by atoms with E-state index >= 15 is 0 Å². The van der Waals surface area contributed by atoms with Crippen LogP contribution < -0.4 is 5.73 Å². The van der Waals surface area contributed by atoms with E-state index in [1.165, 1.54) is 0 Å². The van der Waals surface area contributed by atoms with Crippen molar-refractivity contribution < 1.29 is 4.52 Å². The quantitative estimate of drug-likeness (QED) is 0.821. The predicted octanol–water partition coefficient (Wildman–Crippen LogP) is 0.806. The third-order valence-electron chi connectivity index (χ3n) is 1.84. The number of nitrogens with two attached hydrogens (primary N) is 1. The van der Waals surface area contributed by atoms with Gasteiger partial charge in [-0.15, -0.1) is 0 Å². The summed E-state index contributed by atoms with van der Waals surface area (Å²) in [5.41, 5.74) is 5.48. The van der Waals surface area contributed by atoms with Crippen LogP contribution in [-0.2, 0) is 6.42 Å². The summed E-state index contributed by atoms with van der Waals surface area (Å²) in [6.45, 7) is 3.80. The van der Waals surface area contributed by atoms with Crippen LogP contribution in [0.1, 0.15) is 19.7 Å². The summed E-state index contributed by atoms with van der Waals surface area (Å²) >= 11 is 0.